The first-order valence-electron chi connectivity index (χ1n) is 19.8. The molecule has 13 aromatic rings. The molecule has 0 saturated carbocycles. The van der Waals surface area contributed by atoms with Gasteiger partial charge in [-0.2, -0.15) is 0 Å². The van der Waals surface area contributed by atoms with Gasteiger partial charge >= 0.3 is 0 Å². The third kappa shape index (κ3) is 4.94. The van der Waals surface area contributed by atoms with Gasteiger partial charge in [0.2, 0.25) is 0 Å². The van der Waals surface area contributed by atoms with Gasteiger partial charge in [0.25, 0.3) is 0 Å². The van der Waals surface area contributed by atoms with Crippen LogP contribution < -0.4 is 0 Å². The van der Waals surface area contributed by atoms with Crippen LogP contribution in [0.1, 0.15) is 0 Å². The number of para-hydroxylation sites is 2. The van der Waals surface area contributed by atoms with Crippen LogP contribution in [0.2, 0.25) is 0 Å². The first-order valence-corrected chi connectivity index (χ1v) is 20.6. The Hall–Kier alpha value is -7.67. The normalized spacial score (nSPS) is 12.1. The highest BCUT2D eigenvalue weighted by Gasteiger charge is 2.23. The fourth-order valence-corrected chi connectivity index (χ4v) is 10.1. The number of fused-ring (bicyclic) bond motifs is 11. The Bertz CT molecular complexity index is 3870. The van der Waals surface area contributed by atoms with Crippen LogP contribution in [-0.4, -0.2) is 19.5 Å². The molecule has 0 radical (unpaired) electrons. The molecular weight excluding hydrogens is 741 g/mol. The molecule has 0 saturated heterocycles. The fraction of sp³-hybridized carbons (Fsp3) is 0. The summed E-state index contributed by atoms with van der Waals surface area (Å²) in [6, 6.07) is 64.4. The maximum atomic E-state index is 6.90. The molecule has 0 unspecified atom stereocenters. The molecule has 0 N–H and O–H groups in total. The van der Waals surface area contributed by atoms with Gasteiger partial charge in [0.1, 0.15) is 11.2 Å². The van der Waals surface area contributed by atoms with Crippen LogP contribution in [0, 0.1) is 0 Å². The summed E-state index contributed by atoms with van der Waals surface area (Å²) in [4.78, 5) is 15.8. The van der Waals surface area contributed by atoms with E-state index in [1.54, 1.807) is 11.3 Å². The van der Waals surface area contributed by atoms with Crippen molar-refractivity contribution in [1.82, 2.24) is 19.5 Å². The largest absolute Gasteiger partial charge is 0.455 e. The van der Waals surface area contributed by atoms with Crippen LogP contribution in [0.5, 0.6) is 0 Å². The zero-order valence-electron chi connectivity index (χ0n) is 31.4. The van der Waals surface area contributed by atoms with E-state index in [1.807, 2.05) is 12.1 Å². The van der Waals surface area contributed by atoms with Crippen LogP contribution in [0.15, 0.2) is 186 Å². The second-order valence-electron chi connectivity index (χ2n) is 15.2. The van der Waals surface area contributed by atoms with Crippen molar-refractivity contribution in [2.45, 2.75) is 0 Å². The number of rotatable bonds is 4. The molecule has 59 heavy (non-hydrogen) atoms. The van der Waals surface area contributed by atoms with Crippen LogP contribution in [0.4, 0.5) is 0 Å². The lowest BCUT2D eigenvalue weighted by atomic mass is 10.0. The molecular formula is C53H30N4OS. The van der Waals surface area contributed by atoms with E-state index in [0.29, 0.717) is 17.5 Å². The van der Waals surface area contributed by atoms with E-state index in [2.05, 4.69) is 174 Å². The topological polar surface area (TPSA) is 56.7 Å². The highest BCUT2D eigenvalue weighted by molar-refractivity contribution is 7.25. The lowest BCUT2D eigenvalue weighted by Crippen LogP contribution is -2.01. The lowest BCUT2D eigenvalue weighted by molar-refractivity contribution is 0.669. The lowest BCUT2D eigenvalue weighted by Gasteiger charge is -2.13. The van der Waals surface area contributed by atoms with E-state index in [9.17, 15) is 0 Å². The number of benzene rings is 9. The molecule has 5 nitrogen and oxygen atoms in total. The smallest absolute Gasteiger partial charge is 0.167 e. The maximum Gasteiger partial charge on any atom is 0.167 e. The summed E-state index contributed by atoms with van der Waals surface area (Å²) in [5.41, 5.74) is 7.51. The molecule has 0 amide bonds. The second kappa shape index (κ2) is 12.4. The zero-order chi connectivity index (χ0) is 38.6. The number of nitrogens with zero attached hydrogens (tertiary/aromatic N) is 4. The summed E-state index contributed by atoms with van der Waals surface area (Å²) in [5, 5.41) is 11.6. The Morgan fingerprint density at radius 3 is 1.88 bits per heavy atom. The molecule has 4 heterocycles. The number of aromatic nitrogens is 4. The monoisotopic (exact) mass is 770 g/mol. The molecule has 0 fully saturated rings. The predicted molar refractivity (Wildman–Crippen MR) is 246 cm³/mol. The Balaban J connectivity index is 1.09. The van der Waals surface area contributed by atoms with Gasteiger partial charge < -0.3 is 8.98 Å². The van der Waals surface area contributed by atoms with Gasteiger partial charge in [0, 0.05) is 47.5 Å². The van der Waals surface area contributed by atoms with Crippen molar-refractivity contribution in [1.29, 1.82) is 0 Å². The van der Waals surface area contributed by atoms with E-state index >= 15 is 0 Å². The number of thiophene rings is 1. The second-order valence-corrected chi connectivity index (χ2v) is 16.3. The Morgan fingerprint density at radius 1 is 0.407 bits per heavy atom. The standard InChI is InChI=1S/C53H30N4OS/c1-2-12-32-27-35(22-21-31(32)11-1)51-54-52(36-23-26-48-42(29-36)38-16-7-10-20-47(38)59-48)56-53(55-51)40-24-25-44(49-39-17-6-9-19-46(39)58-50(40)49)57-43-18-8-5-15-37(43)41-28-33-13-3-4-14-34(33)30-45(41)57/h1-30H. The van der Waals surface area contributed by atoms with Crippen molar-refractivity contribution >= 4 is 96.8 Å². The molecule has 274 valence electrons. The van der Waals surface area contributed by atoms with Crippen molar-refractivity contribution < 1.29 is 4.42 Å². The van der Waals surface area contributed by atoms with E-state index in [4.69, 9.17) is 19.4 Å². The third-order valence-electron chi connectivity index (χ3n) is 11.8. The van der Waals surface area contributed by atoms with Crippen molar-refractivity contribution in [2.24, 2.45) is 0 Å². The number of hydrogen-bond donors (Lipinski definition) is 0. The summed E-state index contributed by atoms with van der Waals surface area (Å²) in [5.74, 6) is 1.77. The highest BCUT2D eigenvalue weighted by atomic mass is 32.1. The average Bonchev–Trinajstić information content (AvgIpc) is 3.97. The van der Waals surface area contributed by atoms with Gasteiger partial charge in [-0.15, -0.1) is 11.3 Å². The van der Waals surface area contributed by atoms with E-state index < -0.39 is 0 Å². The van der Waals surface area contributed by atoms with Crippen LogP contribution in [0.25, 0.3) is 125 Å². The molecule has 0 spiro atoms. The Labute approximate surface area is 341 Å². The van der Waals surface area contributed by atoms with Gasteiger partial charge in [-0.3, -0.25) is 0 Å². The highest BCUT2D eigenvalue weighted by Crippen LogP contribution is 2.43. The first-order chi connectivity index (χ1) is 29.2. The molecule has 0 atom stereocenters. The molecule has 0 aliphatic rings. The van der Waals surface area contributed by atoms with Crippen molar-refractivity contribution in [3.05, 3.63) is 182 Å². The zero-order valence-corrected chi connectivity index (χ0v) is 32.2. The summed E-state index contributed by atoms with van der Waals surface area (Å²) < 4.78 is 11.8. The minimum absolute atomic E-state index is 0.553. The summed E-state index contributed by atoms with van der Waals surface area (Å²) in [7, 11) is 0. The number of furan rings is 1. The predicted octanol–water partition coefficient (Wildman–Crippen LogP) is 14.5. The minimum Gasteiger partial charge on any atom is -0.455 e. The molecule has 0 bridgehead atoms. The quantitative estimate of drug-likeness (QED) is 0.179. The molecule has 13 rings (SSSR count). The van der Waals surface area contributed by atoms with Crippen LogP contribution in [-0.2, 0) is 0 Å². The summed E-state index contributed by atoms with van der Waals surface area (Å²) in [6.07, 6.45) is 0. The molecule has 0 aliphatic carbocycles. The SMILES string of the molecule is c1ccc2cc(-c3nc(-c4ccc5sc6ccccc6c5c4)nc(-c4ccc(-n5c6ccccc6c6cc7ccccc7cc65)c5c4oc4ccccc45)n3)ccc2c1. The van der Waals surface area contributed by atoms with E-state index in [1.165, 1.54) is 41.7 Å². The molecule has 0 aliphatic heterocycles. The number of hydrogen-bond acceptors (Lipinski definition) is 5. The van der Waals surface area contributed by atoms with Gasteiger partial charge in [0.15, 0.2) is 17.5 Å². The maximum absolute atomic E-state index is 6.90. The Morgan fingerprint density at radius 2 is 1.03 bits per heavy atom. The average molecular weight is 771 g/mol. The first kappa shape index (κ1) is 32.4. The fourth-order valence-electron chi connectivity index (χ4n) is 9.04. The molecule has 4 aromatic heterocycles. The van der Waals surface area contributed by atoms with E-state index in [-0.39, 0.29) is 0 Å². The van der Waals surface area contributed by atoms with Gasteiger partial charge in [-0.1, -0.05) is 115 Å². The van der Waals surface area contributed by atoms with Crippen molar-refractivity contribution in [3.63, 3.8) is 0 Å². The van der Waals surface area contributed by atoms with Gasteiger partial charge in [0.05, 0.1) is 27.7 Å². The van der Waals surface area contributed by atoms with Crippen molar-refractivity contribution in [3.8, 4) is 39.9 Å². The summed E-state index contributed by atoms with van der Waals surface area (Å²) >= 11 is 1.80. The summed E-state index contributed by atoms with van der Waals surface area (Å²) in [6.45, 7) is 0. The van der Waals surface area contributed by atoms with Crippen molar-refractivity contribution in [2.75, 3.05) is 0 Å². The minimum atomic E-state index is 0.553. The van der Waals surface area contributed by atoms with E-state index in [0.717, 1.165) is 66.1 Å². The van der Waals surface area contributed by atoms with Gasteiger partial charge in [-0.25, -0.2) is 15.0 Å². The Kier molecular flexibility index (Phi) is 6.82. The van der Waals surface area contributed by atoms with Crippen LogP contribution >= 0.6 is 11.3 Å². The molecule has 6 heteroatoms. The van der Waals surface area contributed by atoms with Gasteiger partial charge in [-0.05, 0) is 88.3 Å². The third-order valence-corrected chi connectivity index (χ3v) is 13.0. The van der Waals surface area contributed by atoms with Crippen LogP contribution in [0.3, 0.4) is 0 Å². The molecule has 9 aromatic carbocycles.